The molecule has 0 aromatic carbocycles. The maximum atomic E-state index is 2.69. The van der Waals surface area contributed by atoms with Crippen LogP contribution in [-0.4, -0.2) is 48.6 Å². The van der Waals surface area contributed by atoms with Crippen LogP contribution < -0.4 is 0 Å². The Morgan fingerprint density at radius 3 is 2.93 bits per heavy atom. The van der Waals surface area contributed by atoms with Crippen LogP contribution in [0.15, 0.2) is 0 Å². The van der Waals surface area contributed by atoms with E-state index in [1.165, 1.54) is 64.8 Å². The Kier molecular flexibility index (Phi) is 3.82. The first-order valence-electron chi connectivity index (χ1n) is 6.36. The summed E-state index contributed by atoms with van der Waals surface area (Å²) < 4.78 is 0. The first-order valence-corrected chi connectivity index (χ1v) is 6.36. The predicted octanol–water partition coefficient (Wildman–Crippen LogP) is 1.96. The van der Waals surface area contributed by atoms with E-state index in [2.05, 4.69) is 16.7 Å². The lowest BCUT2D eigenvalue weighted by Gasteiger charge is -2.37. The summed E-state index contributed by atoms with van der Waals surface area (Å²) in [6, 6.07) is 0.908. The van der Waals surface area contributed by atoms with Crippen molar-refractivity contribution in [2.75, 3.05) is 32.7 Å². The molecule has 2 aliphatic heterocycles. The monoisotopic (exact) mass is 196 g/mol. The Hall–Kier alpha value is -0.0800. The van der Waals surface area contributed by atoms with Crippen LogP contribution >= 0.6 is 0 Å². The van der Waals surface area contributed by atoms with Gasteiger partial charge in [0.25, 0.3) is 0 Å². The molecule has 2 saturated heterocycles. The van der Waals surface area contributed by atoms with Gasteiger partial charge in [-0.1, -0.05) is 19.8 Å². The summed E-state index contributed by atoms with van der Waals surface area (Å²) in [5.41, 5.74) is 0. The van der Waals surface area contributed by atoms with Crippen LogP contribution in [-0.2, 0) is 0 Å². The highest BCUT2D eigenvalue weighted by Gasteiger charge is 2.29. The Morgan fingerprint density at radius 2 is 2.07 bits per heavy atom. The normalized spacial score (nSPS) is 29.4. The summed E-state index contributed by atoms with van der Waals surface area (Å²) >= 11 is 0. The average molecular weight is 196 g/mol. The van der Waals surface area contributed by atoms with E-state index < -0.39 is 0 Å². The van der Waals surface area contributed by atoms with Crippen molar-refractivity contribution in [3.8, 4) is 0 Å². The van der Waals surface area contributed by atoms with Crippen molar-refractivity contribution in [2.45, 2.75) is 45.1 Å². The van der Waals surface area contributed by atoms with Crippen LogP contribution in [0.4, 0.5) is 0 Å². The molecule has 0 amide bonds. The predicted molar refractivity (Wildman–Crippen MR) is 60.6 cm³/mol. The van der Waals surface area contributed by atoms with E-state index in [0.29, 0.717) is 0 Å². The Balaban J connectivity index is 1.69. The molecule has 2 nitrogen and oxygen atoms in total. The first kappa shape index (κ1) is 10.4. The SMILES string of the molecule is CCCCCN1CCN2CCCC2C1. The fourth-order valence-corrected chi connectivity index (χ4v) is 2.84. The molecule has 0 aliphatic carbocycles. The number of piperazine rings is 1. The van der Waals surface area contributed by atoms with E-state index in [-0.39, 0.29) is 0 Å². The molecule has 2 heteroatoms. The summed E-state index contributed by atoms with van der Waals surface area (Å²) in [5.74, 6) is 0. The third-order valence-electron chi connectivity index (χ3n) is 3.75. The Labute approximate surface area is 88.3 Å². The maximum absolute atomic E-state index is 2.69. The van der Waals surface area contributed by atoms with Crippen molar-refractivity contribution < 1.29 is 0 Å². The second-order valence-electron chi connectivity index (χ2n) is 4.84. The highest BCUT2D eigenvalue weighted by atomic mass is 15.3. The van der Waals surface area contributed by atoms with Crippen LogP contribution in [0.1, 0.15) is 39.0 Å². The molecule has 2 heterocycles. The molecular weight excluding hydrogens is 172 g/mol. The van der Waals surface area contributed by atoms with E-state index in [0.717, 1.165) is 6.04 Å². The number of hydrogen-bond donors (Lipinski definition) is 0. The van der Waals surface area contributed by atoms with Crippen molar-refractivity contribution in [1.29, 1.82) is 0 Å². The zero-order chi connectivity index (χ0) is 9.80. The van der Waals surface area contributed by atoms with E-state index in [4.69, 9.17) is 0 Å². The number of nitrogens with zero attached hydrogens (tertiary/aromatic N) is 2. The van der Waals surface area contributed by atoms with Gasteiger partial charge in [-0.05, 0) is 32.4 Å². The van der Waals surface area contributed by atoms with Crippen molar-refractivity contribution >= 4 is 0 Å². The van der Waals surface area contributed by atoms with E-state index in [1.807, 2.05) is 0 Å². The molecule has 0 N–H and O–H groups in total. The zero-order valence-corrected chi connectivity index (χ0v) is 9.54. The second-order valence-corrected chi connectivity index (χ2v) is 4.84. The molecule has 0 bridgehead atoms. The van der Waals surface area contributed by atoms with Gasteiger partial charge in [-0.25, -0.2) is 0 Å². The van der Waals surface area contributed by atoms with Crippen LogP contribution in [0, 0.1) is 0 Å². The topological polar surface area (TPSA) is 6.48 Å². The number of hydrogen-bond acceptors (Lipinski definition) is 2. The van der Waals surface area contributed by atoms with Gasteiger partial charge in [-0.15, -0.1) is 0 Å². The van der Waals surface area contributed by atoms with Crippen LogP contribution in [0.5, 0.6) is 0 Å². The molecule has 2 aliphatic rings. The summed E-state index contributed by atoms with van der Waals surface area (Å²) in [4.78, 5) is 5.37. The molecule has 1 atom stereocenters. The van der Waals surface area contributed by atoms with Gasteiger partial charge in [0.1, 0.15) is 0 Å². The minimum atomic E-state index is 0.908. The average Bonchev–Trinajstić information content (AvgIpc) is 2.65. The summed E-state index contributed by atoms with van der Waals surface area (Å²) in [6.45, 7) is 9.00. The smallest absolute Gasteiger partial charge is 0.0224 e. The zero-order valence-electron chi connectivity index (χ0n) is 9.54. The standard InChI is InChI=1S/C12H24N2/c1-2-3-4-7-13-9-10-14-8-5-6-12(14)11-13/h12H,2-11H2,1H3. The quantitative estimate of drug-likeness (QED) is 0.634. The fourth-order valence-electron chi connectivity index (χ4n) is 2.84. The summed E-state index contributed by atoms with van der Waals surface area (Å²) in [5, 5.41) is 0. The van der Waals surface area contributed by atoms with Gasteiger partial charge in [0.05, 0.1) is 0 Å². The molecule has 0 radical (unpaired) electrons. The van der Waals surface area contributed by atoms with Crippen molar-refractivity contribution in [2.24, 2.45) is 0 Å². The highest BCUT2D eigenvalue weighted by molar-refractivity contribution is 4.86. The minimum Gasteiger partial charge on any atom is -0.301 e. The Bertz CT molecular complexity index is 170. The fraction of sp³-hybridized carbons (Fsp3) is 1.00. The molecule has 1 unspecified atom stereocenters. The van der Waals surface area contributed by atoms with Crippen LogP contribution in [0.3, 0.4) is 0 Å². The van der Waals surface area contributed by atoms with Gasteiger partial charge >= 0.3 is 0 Å². The van der Waals surface area contributed by atoms with Crippen LogP contribution in [0.2, 0.25) is 0 Å². The van der Waals surface area contributed by atoms with E-state index >= 15 is 0 Å². The van der Waals surface area contributed by atoms with E-state index in [1.54, 1.807) is 0 Å². The molecule has 0 aromatic heterocycles. The van der Waals surface area contributed by atoms with Crippen LogP contribution in [0.25, 0.3) is 0 Å². The van der Waals surface area contributed by atoms with Gasteiger partial charge in [0.2, 0.25) is 0 Å². The highest BCUT2D eigenvalue weighted by Crippen LogP contribution is 2.21. The molecule has 2 rings (SSSR count). The molecule has 14 heavy (non-hydrogen) atoms. The third kappa shape index (κ3) is 2.48. The molecule has 82 valence electrons. The van der Waals surface area contributed by atoms with Gasteiger partial charge in [0.15, 0.2) is 0 Å². The van der Waals surface area contributed by atoms with Gasteiger partial charge in [0, 0.05) is 25.7 Å². The largest absolute Gasteiger partial charge is 0.301 e. The Morgan fingerprint density at radius 1 is 1.14 bits per heavy atom. The molecule has 0 aromatic rings. The molecule has 0 spiro atoms. The minimum absolute atomic E-state index is 0.908. The second kappa shape index (κ2) is 5.13. The van der Waals surface area contributed by atoms with Crippen molar-refractivity contribution in [3.63, 3.8) is 0 Å². The summed E-state index contributed by atoms with van der Waals surface area (Å²) in [7, 11) is 0. The van der Waals surface area contributed by atoms with Gasteiger partial charge in [-0.2, -0.15) is 0 Å². The molecule has 0 saturated carbocycles. The van der Waals surface area contributed by atoms with Gasteiger partial charge < -0.3 is 4.90 Å². The maximum Gasteiger partial charge on any atom is 0.0224 e. The molecule has 2 fully saturated rings. The third-order valence-corrected chi connectivity index (χ3v) is 3.75. The lowest BCUT2D eigenvalue weighted by Crippen LogP contribution is -2.50. The lowest BCUT2D eigenvalue weighted by molar-refractivity contribution is 0.103. The number of fused-ring (bicyclic) bond motifs is 1. The number of unbranched alkanes of at least 4 members (excludes halogenated alkanes) is 2. The van der Waals surface area contributed by atoms with Crippen molar-refractivity contribution in [1.82, 2.24) is 9.80 Å². The van der Waals surface area contributed by atoms with E-state index in [9.17, 15) is 0 Å². The van der Waals surface area contributed by atoms with Gasteiger partial charge in [-0.3, -0.25) is 4.90 Å². The summed E-state index contributed by atoms with van der Waals surface area (Å²) in [6.07, 6.45) is 7.05. The number of rotatable bonds is 4. The molecular formula is C12H24N2. The lowest BCUT2D eigenvalue weighted by atomic mass is 10.1. The first-order chi connectivity index (χ1) is 6.90. The van der Waals surface area contributed by atoms with Crippen molar-refractivity contribution in [3.05, 3.63) is 0 Å².